The lowest BCUT2D eigenvalue weighted by Crippen LogP contribution is -2.27. The van der Waals surface area contributed by atoms with E-state index in [4.69, 9.17) is 0 Å². The molecule has 104 valence electrons. The van der Waals surface area contributed by atoms with Gasteiger partial charge < -0.3 is 5.32 Å². The summed E-state index contributed by atoms with van der Waals surface area (Å²) < 4.78 is 1.30. The minimum atomic E-state index is 0.430. The molecule has 2 atom stereocenters. The van der Waals surface area contributed by atoms with E-state index in [0.29, 0.717) is 12.0 Å². The van der Waals surface area contributed by atoms with E-state index >= 15 is 0 Å². The smallest absolute Gasteiger partial charge is 0.0809 e. The van der Waals surface area contributed by atoms with Crippen molar-refractivity contribution in [2.45, 2.75) is 46.1 Å². The van der Waals surface area contributed by atoms with Crippen molar-refractivity contribution in [3.63, 3.8) is 0 Å². The fourth-order valence-electron chi connectivity index (χ4n) is 2.60. The van der Waals surface area contributed by atoms with Gasteiger partial charge in [-0.15, -0.1) is 11.3 Å². The highest BCUT2D eigenvalue weighted by Gasteiger charge is 2.18. The summed E-state index contributed by atoms with van der Waals surface area (Å²) in [7, 11) is 0. The first-order valence-electron chi connectivity index (χ1n) is 7.32. The molecule has 1 N–H and O–H groups in total. The number of aromatic nitrogens is 1. The van der Waals surface area contributed by atoms with Gasteiger partial charge in [-0.05, 0) is 48.4 Å². The van der Waals surface area contributed by atoms with Gasteiger partial charge in [0.05, 0.1) is 10.2 Å². The highest BCUT2D eigenvalue weighted by molar-refractivity contribution is 7.17. The number of nitrogens with one attached hydrogen (secondary N) is 1. The van der Waals surface area contributed by atoms with Crippen LogP contribution in [0.1, 0.15) is 51.6 Å². The molecule has 0 amide bonds. The summed E-state index contributed by atoms with van der Waals surface area (Å²) in [6, 6.07) is 4.83. The van der Waals surface area contributed by atoms with Crippen LogP contribution in [0.25, 0.3) is 10.2 Å². The Morgan fingerprint density at radius 2 is 2.16 bits per heavy atom. The van der Waals surface area contributed by atoms with Gasteiger partial charge in [-0.25, -0.2) is 0 Å². The Bertz CT molecular complexity index is 506. The minimum absolute atomic E-state index is 0.430. The first-order valence-corrected chi connectivity index (χ1v) is 8.20. The predicted octanol–water partition coefficient (Wildman–Crippen LogP) is 4.77. The van der Waals surface area contributed by atoms with Crippen molar-refractivity contribution >= 4 is 21.6 Å². The molecule has 2 aromatic rings. The second-order valence-electron chi connectivity index (χ2n) is 5.27. The van der Waals surface area contributed by atoms with E-state index in [1.54, 1.807) is 11.3 Å². The summed E-state index contributed by atoms with van der Waals surface area (Å²) in [6.07, 6.45) is 5.71. The average Bonchev–Trinajstić information content (AvgIpc) is 2.87. The molecule has 2 unspecified atom stereocenters. The van der Waals surface area contributed by atoms with Gasteiger partial charge in [-0.2, -0.15) is 0 Å². The van der Waals surface area contributed by atoms with E-state index in [1.807, 2.05) is 0 Å². The SMILES string of the molecule is CCCNC(c1cnc2ccsc2c1)C(C)CCC. The molecule has 0 aliphatic carbocycles. The molecule has 0 radical (unpaired) electrons. The Hall–Kier alpha value is -0.930. The Kier molecular flexibility index (Phi) is 5.34. The van der Waals surface area contributed by atoms with Crippen LogP contribution in [0.3, 0.4) is 0 Å². The maximum Gasteiger partial charge on any atom is 0.0809 e. The molecule has 0 aliphatic heterocycles. The lowest BCUT2D eigenvalue weighted by molar-refractivity contribution is 0.363. The maximum atomic E-state index is 4.58. The summed E-state index contributed by atoms with van der Waals surface area (Å²) in [5, 5.41) is 5.81. The number of fused-ring (bicyclic) bond motifs is 1. The van der Waals surface area contributed by atoms with Crippen LogP contribution in [0, 0.1) is 5.92 Å². The van der Waals surface area contributed by atoms with Crippen molar-refractivity contribution in [3.8, 4) is 0 Å². The normalized spacial score (nSPS) is 14.7. The van der Waals surface area contributed by atoms with Gasteiger partial charge in [0.25, 0.3) is 0 Å². The van der Waals surface area contributed by atoms with E-state index < -0.39 is 0 Å². The number of rotatable bonds is 7. The second kappa shape index (κ2) is 7.01. The third kappa shape index (κ3) is 3.54. The third-order valence-corrected chi connectivity index (χ3v) is 4.46. The van der Waals surface area contributed by atoms with Crippen molar-refractivity contribution in [1.29, 1.82) is 0 Å². The molecule has 0 spiro atoms. The van der Waals surface area contributed by atoms with E-state index in [-0.39, 0.29) is 0 Å². The molecule has 2 nitrogen and oxygen atoms in total. The number of pyridine rings is 1. The lowest BCUT2D eigenvalue weighted by Gasteiger charge is -2.25. The minimum Gasteiger partial charge on any atom is -0.310 e. The summed E-state index contributed by atoms with van der Waals surface area (Å²) in [5.41, 5.74) is 2.45. The topological polar surface area (TPSA) is 24.9 Å². The van der Waals surface area contributed by atoms with Gasteiger partial charge >= 0.3 is 0 Å². The van der Waals surface area contributed by atoms with Crippen molar-refractivity contribution in [2.75, 3.05) is 6.54 Å². The molecule has 19 heavy (non-hydrogen) atoms. The molecule has 0 aliphatic rings. The zero-order chi connectivity index (χ0) is 13.7. The molecular formula is C16H24N2S. The highest BCUT2D eigenvalue weighted by Crippen LogP contribution is 2.28. The summed E-state index contributed by atoms with van der Waals surface area (Å²) >= 11 is 1.78. The highest BCUT2D eigenvalue weighted by atomic mass is 32.1. The van der Waals surface area contributed by atoms with Crippen LogP contribution in [0.5, 0.6) is 0 Å². The largest absolute Gasteiger partial charge is 0.310 e. The van der Waals surface area contributed by atoms with Crippen molar-refractivity contribution in [3.05, 3.63) is 29.3 Å². The van der Waals surface area contributed by atoms with Crippen LogP contribution in [0.15, 0.2) is 23.7 Å². The van der Waals surface area contributed by atoms with Gasteiger partial charge in [0.15, 0.2) is 0 Å². The average molecular weight is 276 g/mol. The fourth-order valence-corrected chi connectivity index (χ4v) is 3.39. The Balaban J connectivity index is 2.24. The number of hydrogen-bond acceptors (Lipinski definition) is 3. The number of hydrogen-bond donors (Lipinski definition) is 1. The third-order valence-electron chi connectivity index (χ3n) is 3.61. The monoisotopic (exact) mass is 276 g/mol. The standard InChI is InChI=1S/C16H24N2S/c1-4-6-12(3)16(17-8-5-2)13-10-15-14(18-11-13)7-9-19-15/h7,9-12,16-17H,4-6,8H2,1-3H3. The quantitative estimate of drug-likeness (QED) is 0.787. The second-order valence-corrected chi connectivity index (χ2v) is 6.22. The van der Waals surface area contributed by atoms with Gasteiger partial charge in [0.1, 0.15) is 0 Å². The zero-order valence-corrected chi connectivity index (χ0v) is 13.0. The van der Waals surface area contributed by atoms with E-state index in [9.17, 15) is 0 Å². The molecule has 0 bridgehead atoms. The van der Waals surface area contributed by atoms with Gasteiger partial charge in [-0.1, -0.05) is 27.2 Å². The Labute approximate surface area is 120 Å². The van der Waals surface area contributed by atoms with E-state index in [2.05, 4.69) is 54.8 Å². The molecular weight excluding hydrogens is 252 g/mol. The van der Waals surface area contributed by atoms with Crippen molar-refractivity contribution in [2.24, 2.45) is 5.92 Å². The van der Waals surface area contributed by atoms with Crippen molar-refractivity contribution in [1.82, 2.24) is 10.3 Å². The molecule has 0 saturated carbocycles. The summed E-state index contributed by atoms with van der Waals surface area (Å²) in [5.74, 6) is 0.649. The molecule has 2 heterocycles. The van der Waals surface area contributed by atoms with Gasteiger partial charge in [0.2, 0.25) is 0 Å². The van der Waals surface area contributed by atoms with Crippen LogP contribution in [0.4, 0.5) is 0 Å². The molecule has 0 fully saturated rings. The molecule has 2 rings (SSSR count). The van der Waals surface area contributed by atoms with Crippen LogP contribution >= 0.6 is 11.3 Å². The Morgan fingerprint density at radius 1 is 1.32 bits per heavy atom. The van der Waals surface area contributed by atoms with Gasteiger partial charge in [0, 0.05) is 12.2 Å². The van der Waals surface area contributed by atoms with Crippen LogP contribution in [-0.4, -0.2) is 11.5 Å². The van der Waals surface area contributed by atoms with Crippen LogP contribution in [-0.2, 0) is 0 Å². The molecule has 2 aromatic heterocycles. The summed E-state index contributed by atoms with van der Waals surface area (Å²) in [6.45, 7) is 7.89. The first-order chi connectivity index (χ1) is 9.26. The van der Waals surface area contributed by atoms with Crippen LogP contribution in [0.2, 0.25) is 0 Å². The fraction of sp³-hybridized carbons (Fsp3) is 0.562. The van der Waals surface area contributed by atoms with Crippen LogP contribution < -0.4 is 5.32 Å². The van der Waals surface area contributed by atoms with Gasteiger partial charge in [-0.3, -0.25) is 4.98 Å². The Morgan fingerprint density at radius 3 is 2.89 bits per heavy atom. The molecule has 0 aromatic carbocycles. The lowest BCUT2D eigenvalue weighted by atomic mass is 9.91. The van der Waals surface area contributed by atoms with E-state index in [0.717, 1.165) is 12.1 Å². The zero-order valence-electron chi connectivity index (χ0n) is 12.1. The number of nitrogens with zero attached hydrogens (tertiary/aromatic N) is 1. The number of thiophene rings is 1. The predicted molar refractivity (Wildman–Crippen MR) is 84.7 cm³/mol. The van der Waals surface area contributed by atoms with Crippen molar-refractivity contribution < 1.29 is 0 Å². The molecule has 0 saturated heterocycles. The first kappa shape index (κ1) is 14.5. The molecule has 3 heteroatoms. The maximum absolute atomic E-state index is 4.58. The van der Waals surface area contributed by atoms with E-state index in [1.165, 1.54) is 29.5 Å². The summed E-state index contributed by atoms with van der Waals surface area (Å²) in [4.78, 5) is 4.58.